The molecule has 0 spiro atoms. The summed E-state index contributed by atoms with van der Waals surface area (Å²) in [4.78, 5) is 19.5. The Morgan fingerprint density at radius 2 is 1.75 bits per heavy atom. The zero-order valence-corrected chi connectivity index (χ0v) is 15.5. The van der Waals surface area contributed by atoms with E-state index < -0.39 is 0 Å². The first-order valence-electron chi connectivity index (χ1n) is 9.46. The van der Waals surface area contributed by atoms with Gasteiger partial charge in [-0.2, -0.15) is 0 Å². The van der Waals surface area contributed by atoms with Crippen molar-refractivity contribution in [2.45, 2.75) is 25.7 Å². The second-order valence-corrected chi connectivity index (χ2v) is 7.00. The molecule has 0 fully saturated rings. The molecular formula is C24H21FN2O. The van der Waals surface area contributed by atoms with Crippen LogP contribution in [0.15, 0.2) is 73.1 Å². The van der Waals surface area contributed by atoms with Crippen molar-refractivity contribution >= 4 is 16.8 Å². The Hall–Kier alpha value is -3.27. The van der Waals surface area contributed by atoms with Crippen molar-refractivity contribution in [3.05, 3.63) is 90.0 Å². The van der Waals surface area contributed by atoms with Crippen LogP contribution in [0.2, 0.25) is 0 Å². The maximum absolute atomic E-state index is 13.9. The summed E-state index contributed by atoms with van der Waals surface area (Å²) in [5.41, 5.74) is 5.52. The maximum Gasteiger partial charge on any atom is 0.137 e. The second kappa shape index (κ2) is 8.17. The van der Waals surface area contributed by atoms with Crippen LogP contribution in [-0.4, -0.2) is 15.8 Å². The van der Waals surface area contributed by atoms with Crippen LogP contribution in [0.3, 0.4) is 0 Å². The van der Waals surface area contributed by atoms with Crippen LogP contribution >= 0.6 is 0 Å². The number of aromatic amines is 1. The van der Waals surface area contributed by atoms with E-state index in [9.17, 15) is 9.18 Å². The van der Waals surface area contributed by atoms with E-state index >= 15 is 0 Å². The normalized spacial score (nSPS) is 11.0. The molecule has 140 valence electrons. The number of benzene rings is 3. The Labute approximate surface area is 163 Å². The van der Waals surface area contributed by atoms with E-state index in [2.05, 4.69) is 9.97 Å². The van der Waals surface area contributed by atoms with E-state index in [-0.39, 0.29) is 11.6 Å². The summed E-state index contributed by atoms with van der Waals surface area (Å²) in [6.07, 6.45) is 4.30. The van der Waals surface area contributed by atoms with Gasteiger partial charge in [0.2, 0.25) is 0 Å². The van der Waals surface area contributed by atoms with Gasteiger partial charge >= 0.3 is 0 Å². The van der Waals surface area contributed by atoms with Crippen molar-refractivity contribution in [3.8, 4) is 11.1 Å². The van der Waals surface area contributed by atoms with Gasteiger partial charge in [-0.3, -0.25) is 4.79 Å². The van der Waals surface area contributed by atoms with Gasteiger partial charge in [-0.1, -0.05) is 48.5 Å². The Morgan fingerprint density at radius 1 is 0.964 bits per heavy atom. The summed E-state index contributed by atoms with van der Waals surface area (Å²) in [6.45, 7) is 0. The van der Waals surface area contributed by atoms with Crippen LogP contribution in [0, 0.1) is 5.82 Å². The third kappa shape index (κ3) is 4.17. The molecule has 1 aromatic heterocycles. The smallest absolute Gasteiger partial charge is 0.137 e. The van der Waals surface area contributed by atoms with Gasteiger partial charge < -0.3 is 4.98 Å². The van der Waals surface area contributed by atoms with E-state index in [1.165, 1.54) is 6.07 Å². The van der Waals surface area contributed by atoms with Gasteiger partial charge in [0, 0.05) is 18.4 Å². The maximum atomic E-state index is 13.9. The minimum atomic E-state index is -0.214. The molecule has 4 aromatic rings. The van der Waals surface area contributed by atoms with Gasteiger partial charge in [-0.25, -0.2) is 9.37 Å². The number of nitrogens with one attached hydrogen (secondary N) is 1. The van der Waals surface area contributed by atoms with Gasteiger partial charge in [-0.15, -0.1) is 0 Å². The molecule has 0 aliphatic heterocycles. The number of ketones is 1. The highest BCUT2D eigenvalue weighted by atomic mass is 19.1. The molecule has 0 unspecified atom stereocenters. The summed E-state index contributed by atoms with van der Waals surface area (Å²) in [7, 11) is 0. The van der Waals surface area contributed by atoms with Crippen LogP contribution in [0.1, 0.15) is 24.0 Å². The highest BCUT2D eigenvalue weighted by molar-refractivity contribution is 5.83. The summed E-state index contributed by atoms with van der Waals surface area (Å²) < 4.78 is 13.9. The molecular weight excluding hydrogens is 351 g/mol. The Morgan fingerprint density at radius 3 is 2.57 bits per heavy atom. The lowest BCUT2D eigenvalue weighted by molar-refractivity contribution is -0.118. The van der Waals surface area contributed by atoms with E-state index in [4.69, 9.17) is 0 Å². The molecule has 0 atom stereocenters. The molecule has 0 amide bonds. The monoisotopic (exact) mass is 372 g/mol. The molecule has 0 radical (unpaired) electrons. The standard InChI is InChI=1S/C24H21FN2O/c25-22-7-2-1-6-21(22)19-11-8-17(9-12-19)4-3-5-20(28)14-18-10-13-23-24(15-18)27-16-26-23/h1-2,6-13,15-16H,3-5,14H2,(H,26,27). The molecule has 4 heteroatoms. The molecule has 0 bridgehead atoms. The average Bonchev–Trinajstić information content (AvgIpc) is 3.17. The topological polar surface area (TPSA) is 45.8 Å². The first kappa shape index (κ1) is 18.1. The Balaban J connectivity index is 1.29. The number of imidazole rings is 1. The molecule has 4 rings (SSSR count). The fraction of sp³-hybridized carbons (Fsp3) is 0.167. The number of rotatable bonds is 7. The highest BCUT2D eigenvalue weighted by Crippen LogP contribution is 2.23. The summed E-state index contributed by atoms with van der Waals surface area (Å²) in [6, 6.07) is 20.6. The van der Waals surface area contributed by atoms with Crippen LogP contribution in [0.5, 0.6) is 0 Å². The minimum Gasteiger partial charge on any atom is -0.345 e. The van der Waals surface area contributed by atoms with Gasteiger partial charge in [0.15, 0.2) is 0 Å². The van der Waals surface area contributed by atoms with Crippen molar-refractivity contribution < 1.29 is 9.18 Å². The summed E-state index contributed by atoms with van der Waals surface area (Å²) >= 11 is 0. The van der Waals surface area contributed by atoms with Crippen LogP contribution in [0.4, 0.5) is 4.39 Å². The molecule has 1 heterocycles. The van der Waals surface area contributed by atoms with Gasteiger partial charge in [0.05, 0.1) is 17.4 Å². The number of carbonyl (C=O) groups is 1. The summed E-state index contributed by atoms with van der Waals surface area (Å²) in [5.74, 6) is 0.0241. The molecule has 0 saturated carbocycles. The first-order valence-corrected chi connectivity index (χ1v) is 9.46. The number of hydrogen-bond donors (Lipinski definition) is 1. The number of fused-ring (bicyclic) bond motifs is 1. The minimum absolute atomic E-state index is 0.214. The van der Waals surface area contributed by atoms with Crippen molar-refractivity contribution in [1.29, 1.82) is 0 Å². The Kier molecular flexibility index (Phi) is 5.29. The van der Waals surface area contributed by atoms with Gasteiger partial charge in [0.1, 0.15) is 11.6 Å². The molecule has 0 aliphatic rings. The number of Topliss-reactive ketones (excluding diaryl/α,β-unsaturated/α-hetero) is 1. The molecule has 0 aliphatic carbocycles. The molecule has 3 aromatic carbocycles. The number of nitrogens with zero attached hydrogens (tertiary/aromatic N) is 1. The summed E-state index contributed by atoms with van der Waals surface area (Å²) in [5, 5.41) is 0. The predicted molar refractivity (Wildman–Crippen MR) is 110 cm³/mol. The van der Waals surface area contributed by atoms with Crippen molar-refractivity contribution in [2.24, 2.45) is 0 Å². The average molecular weight is 372 g/mol. The molecule has 0 saturated heterocycles. The lowest BCUT2D eigenvalue weighted by Gasteiger charge is -2.06. The molecule has 3 nitrogen and oxygen atoms in total. The number of carbonyl (C=O) groups excluding carboxylic acids is 1. The van der Waals surface area contributed by atoms with Crippen molar-refractivity contribution in [1.82, 2.24) is 9.97 Å². The van der Waals surface area contributed by atoms with E-state index in [1.807, 2.05) is 48.5 Å². The quantitative estimate of drug-likeness (QED) is 0.465. The van der Waals surface area contributed by atoms with Crippen LogP contribution in [-0.2, 0) is 17.6 Å². The molecule has 1 N–H and O–H groups in total. The first-order chi connectivity index (χ1) is 13.7. The highest BCUT2D eigenvalue weighted by Gasteiger charge is 2.07. The fourth-order valence-electron chi connectivity index (χ4n) is 3.44. The fourth-order valence-corrected chi connectivity index (χ4v) is 3.44. The number of halogens is 1. The van der Waals surface area contributed by atoms with Gasteiger partial charge in [0.25, 0.3) is 0 Å². The number of aryl methyl sites for hydroxylation is 1. The Bertz CT molecular complexity index is 1100. The van der Waals surface area contributed by atoms with E-state index in [1.54, 1.807) is 18.5 Å². The predicted octanol–water partition coefficient (Wildman–Crippen LogP) is 5.50. The number of hydrogen-bond acceptors (Lipinski definition) is 2. The van der Waals surface area contributed by atoms with Crippen molar-refractivity contribution in [2.75, 3.05) is 0 Å². The third-order valence-electron chi connectivity index (χ3n) is 4.95. The lowest BCUT2D eigenvalue weighted by atomic mass is 9.99. The molecule has 28 heavy (non-hydrogen) atoms. The zero-order valence-electron chi connectivity index (χ0n) is 15.5. The SMILES string of the molecule is O=C(CCCc1ccc(-c2ccccc2F)cc1)Cc1ccc2nc[nH]c2c1. The van der Waals surface area contributed by atoms with Gasteiger partial charge in [-0.05, 0) is 47.7 Å². The lowest BCUT2D eigenvalue weighted by Crippen LogP contribution is -2.03. The van der Waals surface area contributed by atoms with Crippen molar-refractivity contribution in [3.63, 3.8) is 0 Å². The van der Waals surface area contributed by atoms with E-state index in [0.29, 0.717) is 18.4 Å². The third-order valence-corrected chi connectivity index (χ3v) is 4.95. The number of aromatic nitrogens is 2. The zero-order chi connectivity index (χ0) is 19.3. The second-order valence-electron chi connectivity index (χ2n) is 7.00. The van der Waals surface area contributed by atoms with Crippen LogP contribution in [0.25, 0.3) is 22.2 Å². The largest absolute Gasteiger partial charge is 0.345 e. The van der Waals surface area contributed by atoms with Crippen LogP contribution < -0.4 is 0 Å². The number of H-pyrrole nitrogens is 1. The van der Waals surface area contributed by atoms with E-state index in [0.717, 1.165) is 40.6 Å².